The third kappa shape index (κ3) is 8.43. The number of hydrogen-bond donors (Lipinski definition) is 4. The number of nitrogens with one attached hydrogen (secondary N) is 4. The van der Waals surface area contributed by atoms with Crippen LogP contribution in [0.4, 0.5) is 4.79 Å². The SMILES string of the molecule is CCCC1CC(NC(=O)[C@@H]2[C@@H]3[C@H](CN2C(=O)[C@@H](NC(=O)N[C@H](CN2C(=O)CC(C)(C)CC2=O)C(C)(C)C)C(C)(C)C)C3(C)C)(C(=O)C(=O)NC2CC2)C1. The Morgan fingerprint density at radius 1 is 0.868 bits per heavy atom. The molecule has 5 aliphatic rings. The summed E-state index contributed by atoms with van der Waals surface area (Å²) < 4.78 is 0. The van der Waals surface area contributed by atoms with Crippen LogP contribution in [-0.4, -0.2) is 93.9 Å². The summed E-state index contributed by atoms with van der Waals surface area (Å²) in [5.41, 5.74) is -3.25. The topological polar surface area (TPSA) is 174 Å². The molecule has 2 saturated heterocycles. The maximum Gasteiger partial charge on any atom is 0.315 e. The molecular weight excluding hydrogens is 676 g/mol. The number of nitrogens with zero attached hydrogens (tertiary/aromatic N) is 2. The Labute approximate surface area is 315 Å². The first-order chi connectivity index (χ1) is 24.3. The van der Waals surface area contributed by atoms with Crippen LogP contribution in [0.3, 0.4) is 0 Å². The molecule has 0 aromatic heterocycles. The first kappa shape index (κ1) is 40.7. The lowest BCUT2D eigenvalue weighted by atomic mass is 9.64. The minimum absolute atomic E-state index is 0.00144. The van der Waals surface area contributed by atoms with Gasteiger partial charge < -0.3 is 26.2 Å². The number of imide groups is 1. The smallest absolute Gasteiger partial charge is 0.315 e. The van der Waals surface area contributed by atoms with E-state index in [2.05, 4.69) is 42.0 Å². The van der Waals surface area contributed by atoms with Gasteiger partial charge in [-0.15, -0.1) is 0 Å². The Kier molecular flexibility index (Phi) is 10.7. The number of hydrogen-bond acceptors (Lipinski definition) is 7. The molecule has 5 fully saturated rings. The van der Waals surface area contributed by atoms with Crippen molar-refractivity contribution in [1.29, 1.82) is 0 Å². The minimum Gasteiger partial charge on any atom is -0.347 e. The third-order valence-electron chi connectivity index (χ3n) is 12.6. The van der Waals surface area contributed by atoms with Gasteiger partial charge in [0.1, 0.15) is 17.6 Å². The molecule has 5 rings (SSSR count). The maximum atomic E-state index is 14.6. The molecule has 4 N–H and O–H groups in total. The summed E-state index contributed by atoms with van der Waals surface area (Å²) in [6.45, 7) is 21.6. The fourth-order valence-electron chi connectivity index (χ4n) is 8.98. The summed E-state index contributed by atoms with van der Waals surface area (Å²) in [5.74, 6) is -2.56. The highest BCUT2D eigenvalue weighted by atomic mass is 16.2. The first-order valence-electron chi connectivity index (χ1n) is 19.7. The van der Waals surface area contributed by atoms with E-state index in [0.717, 1.165) is 25.7 Å². The van der Waals surface area contributed by atoms with Crippen LogP contribution in [0, 0.1) is 39.4 Å². The monoisotopic (exact) mass is 740 g/mol. The maximum absolute atomic E-state index is 14.6. The average Bonchev–Trinajstić information content (AvgIpc) is 3.84. The van der Waals surface area contributed by atoms with Crippen LogP contribution in [-0.2, 0) is 28.8 Å². The number of amides is 7. The van der Waals surface area contributed by atoms with Gasteiger partial charge in [-0.05, 0) is 65.1 Å². The molecule has 0 spiro atoms. The number of likely N-dealkylation sites (tertiary alicyclic amines) is 2. The number of rotatable bonds is 12. The van der Waals surface area contributed by atoms with Crippen LogP contribution in [0.25, 0.3) is 0 Å². The van der Waals surface area contributed by atoms with Gasteiger partial charge in [0.2, 0.25) is 29.4 Å². The quantitative estimate of drug-likeness (QED) is 0.175. The number of piperidine rings is 2. The van der Waals surface area contributed by atoms with Crippen LogP contribution in [0.1, 0.15) is 128 Å². The molecule has 7 amide bonds. The predicted octanol–water partition coefficient (Wildman–Crippen LogP) is 3.69. The molecule has 0 unspecified atom stereocenters. The Balaban J connectivity index is 1.33. The van der Waals surface area contributed by atoms with Crippen LogP contribution in [0.15, 0.2) is 0 Å². The largest absolute Gasteiger partial charge is 0.347 e. The summed E-state index contributed by atoms with van der Waals surface area (Å²) >= 11 is 0. The van der Waals surface area contributed by atoms with Crippen molar-refractivity contribution >= 4 is 41.4 Å². The lowest BCUT2D eigenvalue weighted by Gasteiger charge is -2.47. The highest BCUT2D eigenvalue weighted by Gasteiger charge is 2.70. The molecule has 296 valence electrons. The van der Waals surface area contributed by atoms with Gasteiger partial charge in [0.15, 0.2) is 0 Å². The fraction of sp³-hybridized carbons (Fsp3) is 0.825. The highest BCUT2D eigenvalue weighted by molar-refractivity contribution is 6.40. The number of Topliss-reactive ketones (excluding diaryl/α,β-unsaturated/α-hetero) is 1. The first-order valence-corrected chi connectivity index (χ1v) is 19.7. The number of ketones is 1. The van der Waals surface area contributed by atoms with Gasteiger partial charge in [-0.1, -0.05) is 89.0 Å². The van der Waals surface area contributed by atoms with Crippen molar-refractivity contribution in [2.45, 2.75) is 157 Å². The van der Waals surface area contributed by atoms with Crippen molar-refractivity contribution in [3.05, 3.63) is 0 Å². The summed E-state index contributed by atoms with van der Waals surface area (Å²) in [6, 6.07) is -3.14. The van der Waals surface area contributed by atoms with Gasteiger partial charge >= 0.3 is 6.03 Å². The van der Waals surface area contributed by atoms with E-state index in [0.29, 0.717) is 19.4 Å². The highest BCUT2D eigenvalue weighted by Crippen LogP contribution is 2.65. The van der Waals surface area contributed by atoms with Gasteiger partial charge in [-0.2, -0.15) is 0 Å². The van der Waals surface area contributed by atoms with E-state index in [1.165, 1.54) is 4.90 Å². The summed E-state index contributed by atoms with van der Waals surface area (Å²) in [5, 5.41) is 11.7. The van der Waals surface area contributed by atoms with Crippen molar-refractivity contribution in [3.8, 4) is 0 Å². The molecule has 5 atom stereocenters. The van der Waals surface area contributed by atoms with Crippen molar-refractivity contribution in [2.24, 2.45) is 39.4 Å². The van der Waals surface area contributed by atoms with E-state index in [4.69, 9.17) is 0 Å². The van der Waals surface area contributed by atoms with E-state index in [-0.39, 0.29) is 60.4 Å². The second kappa shape index (κ2) is 14.0. The van der Waals surface area contributed by atoms with E-state index >= 15 is 0 Å². The Morgan fingerprint density at radius 2 is 1.45 bits per heavy atom. The Morgan fingerprint density at radius 3 is 1.96 bits per heavy atom. The molecule has 0 aromatic rings. The molecule has 2 heterocycles. The molecule has 13 heteroatoms. The van der Waals surface area contributed by atoms with Crippen LogP contribution in [0.5, 0.6) is 0 Å². The molecule has 53 heavy (non-hydrogen) atoms. The number of urea groups is 1. The summed E-state index contributed by atoms with van der Waals surface area (Å²) in [7, 11) is 0. The van der Waals surface area contributed by atoms with Crippen molar-refractivity contribution < 1.29 is 33.6 Å². The normalized spacial score (nSPS) is 30.0. The lowest BCUT2D eigenvalue weighted by molar-refractivity contribution is -0.153. The second-order valence-corrected chi connectivity index (χ2v) is 20.4. The number of fused-ring (bicyclic) bond motifs is 1. The predicted molar refractivity (Wildman–Crippen MR) is 199 cm³/mol. The molecule has 3 saturated carbocycles. The molecule has 0 bridgehead atoms. The molecule has 2 aliphatic heterocycles. The zero-order chi connectivity index (χ0) is 39.6. The van der Waals surface area contributed by atoms with Crippen LogP contribution >= 0.6 is 0 Å². The molecule has 0 aromatic carbocycles. The average molecular weight is 741 g/mol. The Hall–Kier alpha value is -3.51. The van der Waals surface area contributed by atoms with E-state index in [9.17, 15) is 33.6 Å². The standard InChI is InChI=1S/C40H64N6O7/c1-12-13-22-16-40(17-22,31(49)33(51)41-23-14-15-23)44-32(50)29-28-24(39(28,10)11)20-46(29)34(52)30(37(5,6)7)43-35(53)42-25(36(2,3)4)21-45-26(47)18-38(8,9)19-27(45)48/h22-25,28-30H,12-21H2,1-11H3,(H,41,51)(H,44,50)(H2,42,43,53)/t22?,24-,25+,28-,29-,30+,40?/m0/s1. The van der Waals surface area contributed by atoms with Crippen molar-refractivity contribution in [2.75, 3.05) is 13.1 Å². The van der Waals surface area contributed by atoms with Crippen LogP contribution < -0.4 is 21.3 Å². The van der Waals surface area contributed by atoms with Gasteiger partial charge in [0.25, 0.3) is 5.91 Å². The Bertz CT molecular complexity index is 1510. The molecule has 13 nitrogen and oxygen atoms in total. The number of carbonyl (C=O) groups excluding carboxylic acids is 7. The molecular formula is C40H64N6O7. The van der Waals surface area contributed by atoms with Gasteiger partial charge in [-0.3, -0.25) is 33.7 Å². The lowest BCUT2D eigenvalue weighted by Crippen LogP contribution is -2.68. The van der Waals surface area contributed by atoms with Crippen molar-refractivity contribution in [3.63, 3.8) is 0 Å². The van der Waals surface area contributed by atoms with Gasteiger partial charge in [-0.25, -0.2) is 4.79 Å². The molecule has 0 radical (unpaired) electrons. The second-order valence-electron chi connectivity index (χ2n) is 20.4. The summed E-state index contributed by atoms with van der Waals surface area (Å²) in [6.07, 6.45) is 4.72. The zero-order valence-electron chi connectivity index (χ0n) is 33.9. The number of carbonyl (C=O) groups is 7. The van der Waals surface area contributed by atoms with E-state index < -0.39 is 69.4 Å². The third-order valence-corrected chi connectivity index (χ3v) is 12.6. The fourth-order valence-corrected chi connectivity index (χ4v) is 8.98. The minimum atomic E-state index is -1.31. The van der Waals surface area contributed by atoms with Crippen LogP contribution in [0.2, 0.25) is 0 Å². The van der Waals surface area contributed by atoms with Crippen molar-refractivity contribution in [1.82, 2.24) is 31.1 Å². The van der Waals surface area contributed by atoms with E-state index in [1.54, 1.807) is 4.90 Å². The zero-order valence-corrected chi connectivity index (χ0v) is 33.9. The molecule has 3 aliphatic carbocycles. The van der Waals surface area contributed by atoms with Gasteiger partial charge in [0.05, 0.1) is 6.04 Å². The summed E-state index contributed by atoms with van der Waals surface area (Å²) in [4.78, 5) is 98.2. The van der Waals surface area contributed by atoms with E-state index in [1.807, 2.05) is 55.4 Å². The van der Waals surface area contributed by atoms with Gasteiger partial charge in [0, 0.05) is 32.0 Å².